The van der Waals surface area contributed by atoms with Gasteiger partial charge < -0.3 is 20.1 Å². The minimum atomic E-state index is -0.974. The van der Waals surface area contributed by atoms with E-state index in [1.54, 1.807) is 47.4 Å². The molecule has 7 nitrogen and oxygen atoms in total. The smallest absolute Gasteiger partial charge is 0.335 e. The molecule has 0 aromatic heterocycles. The van der Waals surface area contributed by atoms with Gasteiger partial charge >= 0.3 is 5.97 Å². The van der Waals surface area contributed by atoms with E-state index < -0.39 is 5.97 Å². The van der Waals surface area contributed by atoms with Crippen molar-refractivity contribution in [2.45, 2.75) is 25.4 Å². The number of benzene rings is 2. The number of rotatable bonds is 5. The maximum Gasteiger partial charge on any atom is 0.335 e. The van der Waals surface area contributed by atoms with E-state index in [1.165, 1.54) is 0 Å². The Morgan fingerprint density at radius 3 is 2.48 bits per heavy atom. The van der Waals surface area contributed by atoms with E-state index in [0.717, 1.165) is 18.4 Å². The van der Waals surface area contributed by atoms with Crippen molar-refractivity contribution >= 4 is 23.5 Å². The summed E-state index contributed by atoms with van der Waals surface area (Å²) in [5.41, 5.74) is 2.16. The molecular formula is C20H18N2O5. The first-order chi connectivity index (χ1) is 13.0. The van der Waals surface area contributed by atoms with Crippen LogP contribution in [0.5, 0.6) is 5.75 Å². The molecule has 2 aromatic rings. The molecule has 7 heteroatoms. The Hall–Kier alpha value is -3.35. The van der Waals surface area contributed by atoms with Crippen LogP contribution in [-0.4, -0.2) is 40.4 Å². The molecule has 0 saturated heterocycles. The maximum atomic E-state index is 13.0. The van der Waals surface area contributed by atoms with Crippen LogP contribution < -0.4 is 10.1 Å². The first kappa shape index (κ1) is 17.1. The van der Waals surface area contributed by atoms with Crippen molar-refractivity contribution in [2.24, 2.45) is 0 Å². The Labute approximate surface area is 155 Å². The summed E-state index contributed by atoms with van der Waals surface area (Å²) in [6, 6.07) is 11.7. The summed E-state index contributed by atoms with van der Waals surface area (Å²) in [5.74, 6) is -0.811. The van der Waals surface area contributed by atoms with Crippen molar-refractivity contribution < 1.29 is 24.2 Å². The van der Waals surface area contributed by atoms with E-state index in [9.17, 15) is 14.4 Å². The quantitative estimate of drug-likeness (QED) is 0.848. The zero-order valence-electron chi connectivity index (χ0n) is 14.5. The third-order valence-corrected chi connectivity index (χ3v) is 4.66. The van der Waals surface area contributed by atoms with Gasteiger partial charge in [-0.25, -0.2) is 4.79 Å². The Balaban J connectivity index is 1.54. The third kappa shape index (κ3) is 3.62. The van der Waals surface area contributed by atoms with Gasteiger partial charge in [-0.3, -0.25) is 9.59 Å². The number of nitrogens with zero attached hydrogens (tertiary/aromatic N) is 1. The number of carboxylic acid groups (broad SMARTS) is 1. The van der Waals surface area contributed by atoms with Crippen LogP contribution in [0.25, 0.3) is 0 Å². The molecule has 2 aliphatic rings. The van der Waals surface area contributed by atoms with Gasteiger partial charge in [0.2, 0.25) is 0 Å². The number of anilines is 1. The van der Waals surface area contributed by atoms with Crippen molar-refractivity contribution in [1.29, 1.82) is 0 Å². The van der Waals surface area contributed by atoms with Crippen molar-refractivity contribution in [3.8, 4) is 5.75 Å². The highest BCUT2D eigenvalue weighted by Crippen LogP contribution is 2.33. The van der Waals surface area contributed by atoms with Gasteiger partial charge in [-0.1, -0.05) is 12.1 Å². The second kappa shape index (κ2) is 6.75. The van der Waals surface area contributed by atoms with E-state index in [-0.39, 0.29) is 30.0 Å². The second-order valence-electron chi connectivity index (χ2n) is 6.71. The van der Waals surface area contributed by atoms with Gasteiger partial charge in [0.1, 0.15) is 5.75 Å². The number of carbonyl (C=O) groups is 3. The van der Waals surface area contributed by atoms with Crippen molar-refractivity contribution in [1.82, 2.24) is 4.90 Å². The molecule has 1 aliphatic heterocycles. The average molecular weight is 366 g/mol. The van der Waals surface area contributed by atoms with E-state index >= 15 is 0 Å². The molecule has 2 amide bonds. The summed E-state index contributed by atoms with van der Waals surface area (Å²) in [6.07, 6.45) is 1.91. The van der Waals surface area contributed by atoms with Crippen molar-refractivity contribution in [3.05, 3.63) is 59.2 Å². The molecule has 2 aromatic carbocycles. The molecule has 0 atom stereocenters. The summed E-state index contributed by atoms with van der Waals surface area (Å²) < 4.78 is 5.40. The fourth-order valence-electron chi connectivity index (χ4n) is 3.08. The van der Waals surface area contributed by atoms with Crippen LogP contribution in [-0.2, 0) is 11.3 Å². The lowest BCUT2D eigenvalue weighted by Crippen LogP contribution is -2.33. The van der Waals surface area contributed by atoms with Crippen LogP contribution in [0.1, 0.15) is 39.1 Å². The van der Waals surface area contributed by atoms with Gasteiger partial charge in [-0.15, -0.1) is 0 Å². The summed E-state index contributed by atoms with van der Waals surface area (Å²) in [4.78, 5) is 37.2. The molecule has 1 aliphatic carbocycles. The Kier molecular flexibility index (Phi) is 4.27. The predicted molar refractivity (Wildman–Crippen MR) is 96.9 cm³/mol. The first-order valence-corrected chi connectivity index (χ1v) is 8.71. The average Bonchev–Trinajstić information content (AvgIpc) is 3.50. The molecular weight excluding hydrogens is 348 g/mol. The predicted octanol–water partition coefficient (Wildman–Crippen LogP) is 2.52. The molecule has 1 heterocycles. The number of fused-ring (bicyclic) bond motifs is 1. The summed E-state index contributed by atoms with van der Waals surface area (Å²) in [6.45, 7) is 0.352. The molecule has 138 valence electrons. The van der Waals surface area contributed by atoms with Gasteiger partial charge in [0.25, 0.3) is 11.8 Å². The molecule has 2 N–H and O–H groups in total. The van der Waals surface area contributed by atoms with Gasteiger partial charge in [-0.05, 0) is 48.7 Å². The molecule has 27 heavy (non-hydrogen) atoms. The number of carboxylic acids is 1. The summed E-state index contributed by atoms with van der Waals surface area (Å²) in [5, 5.41) is 11.7. The first-order valence-electron chi connectivity index (χ1n) is 8.71. The summed E-state index contributed by atoms with van der Waals surface area (Å²) >= 11 is 0. The van der Waals surface area contributed by atoms with Crippen molar-refractivity contribution in [2.75, 3.05) is 11.9 Å². The Bertz CT molecular complexity index is 918. The van der Waals surface area contributed by atoms with E-state index in [1.807, 2.05) is 0 Å². The number of hydrogen-bond donors (Lipinski definition) is 2. The van der Waals surface area contributed by atoms with Crippen LogP contribution in [0.3, 0.4) is 0 Å². The molecule has 0 bridgehead atoms. The highest BCUT2D eigenvalue weighted by Gasteiger charge is 2.33. The normalized spacial score (nSPS) is 15.3. The van der Waals surface area contributed by atoms with Gasteiger partial charge in [-0.2, -0.15) is 0 Å². The maximum absolute atomic E-state index is 13.0. The fraction of sp³-hybridized carbons (Fsp3) is 0.250. The van der Waals surface area contributed by atoms with Crippen LogP contribution in [0.15, 0.2) is 42.5 Å². The number of carbonyl (C=O) groups excluding carboxylic acids is 2. The third-order valence-electron chi connectivity index (χ3n) is 4.66. The minimum absolute atomic E-state index is 0.0626. The second-order valence-corrected chi connectivity index (χ2v) is 6.71. The number of hydrogen-bond acceptors (Lipinski definition) is 4. The number of ether oxygens (including phenoxy) is 1. The number of nitrogens with one attached hydrogen (secondary N) is 1. The minimum Gasteiger partial charge on any atom is -0.482 e. The Morgan fingerprint density at radius 2 is 1.81 bits per heavy atom. The van der Waals surface area contributed by atoms with Crippen LogP contribution in [0.4, 0.5) is 5.69 Å². The number of amides is 2. The molecule has 0 radical (unpaired) electrons. The lowest BCUT2D eigenvalue weighted by atomic mass is 10.1. The molecule has 4 rings (SSSR count). The molecule has 0 spiro atoms. The van der Waals surface area contributed by atoms with Gasteiger partial charge in [0, 0.05) is 18.2 Å². The van der Waals surface area contributed by atoms with Gasteiger partial charge in [0.15, 0.2) is 6.61 Å². The SMILES string of the molecule is O=C1COc2cc(C(=O)N(Cc3ccc(C(=O)O)cc3)C3CC3)ccc2N1. The van der Waals surface area contributed by atoms with Crippen LogP contribution >= 0.6 is 0 Å². The van der Waals surface area contributed by atoms with Gasteiger partial charge in [0.05, 0.1) is 11.3 Å². The molecule has 0 unspecified atom stereocenters. The number of aromatic carboxylic acids is 1. The largest absolute Gasteiger partial charge is 0.482 e. The van der Waals surface area contributed by atoms with Crippen LogP contribution in [0, 0.1) is 0 Å². The lowest BCUT2D eigenvalue weighted by molar-refractivity contribution is -0.118. The summed E-state index contributed by atoms with van der Waals surface area (Å²) in [7, 11) is 0. The molecule has 1 fully saturated rings. The standard InChI is InChI=1S/C20H18N2O5/c23-18-11-27-17-9-14(5-8-16(17)21-18)19(24)22(15-6-7-15)10-12-1-3-13(4-2-12)20(25)26/h1-5,8-9,15H,6-7,10-11H2,(H,21,23)(H,25,26). The van der Waals surface area contributed by atoms with Crippen LogP contribution in [0.2, 0.25) is 0 Å². The Morgan fingerprint density at radius 1 is 1.11 bits per heavy atom. The van der Waals surface area contributed by atoms with E-state index in [0.29, 0.717) is 23.5 Å². The zero-order valence-corrected chi connectivity index (χ0v) is 14.5. The monoisotopic (exact) mass is 366 g/mol. The zero-order chi connectivity index (χ0) is 19.0. The molecule has 1 saturated carbocycles. The highest BCUT2D eigenvalue weighted by molar-refractivity contribution is 5.99. The van der Waals surface area contributed by atoms with Crippen molar-refractivity contribution in [3.63, 3.8) is 0 Å². The van der Waals surface area contributed by atoms with E-state index in [2.05, 4.69) is 5.32 Å². The fourth-order valence-corrected chi connectivity index (χ4v) is 3.08. The topological polar surface area (TPSA) is 95.9 Å². The lowest BCUT2D eigenvalue weighted by Gasteiger charge is -2.24. The highest BCUT2D eigenvalue weighted by atomic mass is 16.5. The van der Waals surface area contributed by atoms with E-state index in [4.69, 9.17) is 9.84 Å².